The maximum atomic E-state index is 13.0. The second-order valence-corrected chi connectivity index (χ2v) is 6.54. The lowest BCUT2D eigenvalue weighted by atomic mass is 9.74. The van der Waals surface area contributed by atoms with Crippen LogP contribution in [0, 0.1) is 0 Å². The zero-order valence-electron chi connectivity index (χ0n) is 15.1. The summed E-state index contributed by atoms with van der Waals surface area (Å²) in [5, 5.41) is 0. The van der Waals surface area contributed by atoms with Gasteiger partial charge in [-0.2, -0.15) is 0 Å². The molecule has 3 rings (SSSR count). The SMILES string of the molecule is NC(=O)COc1cccc(COC(=O)C2(c3ccccc3)CCOCC2)c1. The first kappa shape index (κ1) is 18.9. The Bertz CT molecular complexity index is 784. The van der Waals surface area contributed by atoms with Gasteiger partial charge in [0.1, 0.15) is 12.4 Å². The van der Waals surface area contributed by atoms with Gasteiger partial charge in [-0.15, -0.1) is 0 Å². The molecule has 1 fully saturated rings. The highest BCUT2D eigenvalue weighted by Crippen LogP contribution is 2.36. The van der Waals surface area contributed by atoms with E-state index in [1.165, 1.54) is 0 Å². The average molecular weight is 369 g/mol. The molecule has 2 aromatic rings. The predicted molar refractivity (Wildman–Crippen MR) is 99.1 cm³/mol. The zero-order valence-corrected chi connectivity index (χ0v) is 15.1. The minimum Gasteiger partial charge on any atom is -0.484 e. The fourth-order valence-corrected chi connectivity index (χ4v) is 3.25. The smallest absolute Gasteiger partial charge is 0.317 e. The van der Waals surface area contributed by atoms with Gasteiger partial charge in [0.25, 0.3) is 5.91 Å². The van der Waals surface area contributed by atoms with Gasteiger partial charge in [0.15, 0.2) is 6.61 Å². The number of nitrogens with two attached hydrogens (primary N) is 1. The Morgan fingerprint density at radius 1 is 1.04 bits per heavy atom. The van der Waals surface area contributed by atoms with E-state index in [-0.39, 0.29) is 19.2 Å². The molecule has 6 nitrogen and oxygen atoms in total. The maximum absolute atomic E-state index is 13.0. The number of carbonyl (C=O) groups excluding carboxylic acids is 2. The van der Waals surface area contributed by atoms with Gasteiger partial charge < -0.3 is 19.9 Å². The quantitative estimate of drug-likeness (QED) is 0.757. The number of hydrogen-bond donors (Lipinski definition) is 1. The van der Waals surface area contributed by atoms with Crippen LogP contribution in [-0.4, -0.2) is 31.7 Å². The van der Waals surface area contributed by atoms with Gasteiger partial charge in [-0.25, -0.2) is 0 Å². The third kappa shape index (κ3) is 4.65. The van der Waals surface area contributed by atoms with Crippen LogP contribution >= 0.6 is 0 Å². The minimum absolute atomic E-state index is 0.127. The molecular weight excluding hydrogens is 346 g/mol. The highest BCUT2D eigenvalue weighted by Gasteiger charge is 2.43. The molecule has 6 heteroatoms. The van der Waals surface area contributed by atoms with Gasteiger partial charge in [-0.1, -0.05) is 42.5 Å². The van der Waals surface area contributed by atoms with Crippen molar-refractivity contribution < 1.29 is 23.8 Å². The zero-order chi connectivity index (χ0) is 19.1. The largest absolute Gasteiger partial charge is 0.484 e. The number of esters is 1. The van der Waals surface area contributed by atoms with Crippen molar-refractivity contribution in [2.24, 2.45) is 5.73 Å². The Labute approximate surface area is 158 Å². The van der Waals surface area contributed by atoms with Gasteiger partial charge in [0.05, 0.1) is 5.41 Å². The van der Waals surface area contributed by atoms with Gasteiger partial charge >= 0.3 is 5.97 Å². The van der Waals surface area contributed by atoms with Gasteiger partial charge in [0, 0.05) is 13.2 Å². The van der Waals surface area contributed by atoms with Crippen molar-refractivity contribution in [3.8, 4) is 5.75 Å². The van der Waals surface area contributed by atoms with E-state index >= 15 is 0 Å². The van der Waals surface area contributed by atoms with Crippen LogP contribution in [0.3, 0.4) is 0 Å². The van der Waals surface area contributed by atoms with Crippen LogP contribution in [0.25, 0.3) is 0 Å². The summed E-state index contributed by atoms with van der Waals surface area (Å²) in [5.74, 6) is -0.289. The van der Waals surface area contributed by atoms with Crippen molar-refractivity contribution in [3.05, 3.63) is 65.7 Å². The maximum Gasteiger partial charge on any atom is 0.317 e. The monoisotopic (exact) mass is 369 g/mol. The van der Waals surface area contributed by atoms with Crippen molar-refractivity contribution in [2.45, 2.75) is 24.9 Å². The van der Waals surface area contributed by atoms with E-state index in [0.717, 1.165) is 11.1 Å². The molecule has 2 aromatic carbocycles. The van der Waals surface area contributed by atoms with Crippen molar-refractivity contribution in [2.75, 3.05) is 19.8 Å². The van der Waals surface area contributed by atoms with Crippen LogP contribution in [-0.2, 0) is 31.1 Å². The number of rotatable bonds is 7. The molecule has 142 valence electrons. The second-order valence-electron chi connectivity index (χ2n) is 6.54. The number of primary amides is 1. The summed E-state index contributed by atoms with van der Waals surface area (Å²) in [5.41, 5.74) is 6.14. The van der Waals surface area contributed by atoms with Crippen LogP contribution in [0.2, 0.25) is 0 Å². The molecule has 0 aromatic heterocycles. The van der Waals surface area contributed by atoms with Crippen molar-refractivity contribution >= 4 is 11.9 Å². The summed E-state index contributed by atoms with van der Waals surface area (Å²) in [6.45, 7) is 0.989. The van der Waals surface area contributed by atoms with E-state index in [1.54, 1.807) is 18.2 Å². The summed E-state index contributed by atoms with van der Waals surface area (Å²) in [4.78, 5) is 23.9. The number of ether oxygens (including phenoxy) is 3. The van der Waals surface area contributed by atoms with Crippen molar-refractivity contribution in [1.29, 1.82) is 0 Å². The first-order valence-electron chi connectivity index (χ1n) is 8.91. The number of benzene rings is 2. The summed E-state index contributed by atoms with van der Waals surface area (Å²) in [6, 6.07) is 16.8. The molecule has 1 saturated heterocycles. The van der Waals surface area contributed by atoms with E-state index in [2.05, 4.69) is 0 Å². The molecule has 0 spiro atoms. The Morgan fingerprint density at radius 3 is 2.48 bits per heavy atom. The number of amides is 1. The van der Waals surface area contributed by atoms with Gasteiger partial charge in [-0.3, -0.25) is 9.59 Å². The van der Waals surface area contributed by atoms with E-state index in [9.17, 15) is 9.59 Å². The number of carbonyl (C=O) groups is 2. The highest BCUT2D eigenvalue weighted by molar-refractivity contribution is 5.83. The molecule has 1 heterocycles. The molecule has 1 aliphatic heterocycles. The van der Waals surface area contributed by atoms with Gasteiger partial charge in [0.2, 0.25) is 0 Å². The lowest BCUT2D eigenvalue weighted by Gasteiger charge is -2.35. The molecular formula is C21H23NO5. The molecule has 0 radical (unpaired) electrons. The molecule has 1 amide bonds. The minimum atomic E-state index is -0.681. The van der Waals surface area contributed by atoms with E-state index < -0.39 is 11.3 Å². The molecule has 0 atom stereocenters. The summed E-state index contributed by atoms with van der Waals surface area (Å²) in [7, 11) is 0. The van der Waals surface area contributed by atoms with E-state index in [0.29, 0.717) is 31.8 Å². The third-order valence-corrected chi connectivity index (χ3v) is 4.71. The molecule has 27 heavy (non-hydrogen) atoms. The fraction of sp³-hybridized carbons (Fsp3) is 0.333. The molecule has 0 bridgehead atoms. The second kappa shape index (κ2) is 8.68. The summed E-state index contributed by atoms with van der Waals surface area (Å²) < 4.78 is 16.4. The lowest BCUT2D eigenvalue weighted by Crippen LogP contribution is -2.42. The van der Waals surface area contributed by atoms with Crippen LogP contribution in [0.4, 0.5) is 0 Å². The topological polar surface area (TPSA) is 87.9 Å². The van der Waals surface area contributed by atoms with Crippen molar-refractivity contribution in [3.63, 3.8) is 0 Å². The summed E-state index contributed by atoms with van der Waals surface area (Å²) in [6.07, 6.45) is 1.19. The van der Waals surface area contributed by atoms with E-state index in [1.807, 2.05) is 36.4 Å². The first-order valence-corrected chi connectivity index (χ1v) is 8.91. The predicted octanol–water partition coefficient (Wildman–Crippen LogP) is 2.34. The molecule has 0 saturated carbocycles. The fourth-order valence-electron chi connectivity index (χ4n) is 3.25. The Hall–Kier alpha value is -2.86. The molecule has 0 unspecified atom stereocenters. The van der Waals surface area contributed by atoms with Crippen molar-refractivity contribution in [1.82, 2.24) is 0 Å². The normalized spacial score (nSPS) is 15.7. The molecule has 1 aliphatic rings. The van der Waals surface area contributed by atoms with Crippen LogP contribution in [0.5, 0.6) is 5.75 Å². The van der Waals surface area contributed by atoms with Crippen LogP contribution < -0.4 is 10.5 Å². The lowest BCUT2D eigenvalue weighted by molar-refractivity contribution is -0.156. The first-order chi connectivity index (χ1) is 13.1. The van der Waals surface area contributed by atoms with Crippen LogP contribution in [0.15, 0.2) is 54.6 Å². The number of hydrogen-bond acceptors (Lipinski definition) is 5. The van der Waals surface area contributed by atoms with Gasteiger partial charge in [-0.05, 0) is 36.1 Å². The standard InChI is InChI=1S/C21H23NO5/c22-19(23)15-26-18-8-4-5-16(13-18)14-27-20(24)21(9-11-25-12-10-21)17-6-2-1-3-7-17/h1-8,13H,9-12,14-15H2,(H2,22,23). The third-order valence-electron chi connectivity index (χ3n) is 4.71. The molecule has 2 N–H and O–H groups in total. The van der Waals surface area contributed by atoms with Crippen LogP contribution in [0.1, 0.15) is 24.0 Å². The Morgan fingerprint density at radius 2 is 1.78 bits per heavy atom. The summed E-state index contributed by atoms with van der Waals surface area (Å²) >= 11 is 0. The highest BCUT2D eigenvalue weighted by atomic mass is 16.5. The Kier molecular flexibility index (Phi) is 6.08. The van der Waals surface area contributed by atoms with E-state index in [4.69, 9.17) is 19.9 Å². The average Bonchev–Trinajstić information content (AvgIpc) is 2.72. The molecule has 0 aliphatic carbocycles. The Balaban J connectivity index is 1.70.